The van der Waals surface area contributed by atoms with Crippen LogP contribution in [-0.4, -0.2) is 60.2 Å². The fraction of sp³-hybridized carbons (Fsp3) is 0.400. The van der Waals surface area contributed by atoms with E-state index in [0.717, 1.165) is 60.8 Å². The maximum absolute atomic E-state index is 13.7. The molecule has 0 bridgehead atoms. The number of H-pyrrole nitrogens is 2. The Balaban J connectivity index is 1.21. The molecule has 1 saturated carbocycles. The molecule has 47 heavy (non-hydrogen) atoms. The number of nitrogens with one attached hydrogen (secondary N) is 4. The number of aromatic nitrogens is 2. The molecule has 1 unspecified atom stereocenters. The van der Waals surface area contributed by atoms with E-state index < -0.39 is 16.1 Å². The molecule has 2 heterocycles. The number of aryl methyl sites for hydroxylation is 1. The van der Waals surface area contributed by atoms with E-state index in [0.29, 0.717) is 42.3 Å². The van der Waals surface area contributed by atoms with Crippen LogP contribution < -0.4 is 22.1 Å². The molecule has 2 amide bonds. The van der Waals surface area contributed by atoms with Gasteiger partial charge < -0.3 is 26.3 Å². The van der Waals surface area contributed by atoms with Crippen molar-refractivity contribution in [3.8, 4) is 11.1 Å². The lowest BCUT2D eigenvalue weighted by molar-refractivity contribution is -0.130. The quantitative estimate of drug-likeness (QED) is 0.172. The summed E-state index contributed by atoms with van der Waals surface area (Å²) < 4.78 is 28.0. The summed E-state index contributed by atoms with van der Waals surface area (Å²) in [7, 11) is -3.56. The predicted molar refractivity (Wildman–Crippen MR) is 182 cm³/mol. The number of aromatic amines is 2. The summed E-state index contributed by atoms with van der Waals surface area (Å²) in [5, 5.41) is 5.93. The minimum Gasteiger partial charge on any atom is -0.344 e. The zero-order chi connectivity index (χ0) is 33.1. The average Bonchev–Trinajstić information content (AvgIpc) is 3.75. The first-order valence-corrected chi connectivity index (χ1v) is 17.8. The molecule has 6 rings (SSSR count). The predicted octanol–water partition coefficient (Wildman–Crippen LogP) is 4.05. The first-order chi connectivity index (χ1) is 22.6. The van der Waals surface area contributed by atoms with Crippen molar-refractivity contribution in [1.82, 2.24) is 19.6 Å². The summed E-state index contributed by atoms with van der Waals surface area (Å²) in [6, 6.07) is 17.1. The van der Waals surface area contributed by atoms with Gasteiger partial charge in [-0.3, -0.25) is 9.59 Å². The Morgan fingerprint density at radius 1 is 0.936 bits per heavy atom. The number of sulfonamides is 1. The second-order valence-electron chi connectivity index (χ2n) is 12.8. The first-order valence-electron chi connectivity index (χ1n) is 16.3. The number of hydrogen-bond acceptors (Lipinski definition) is 6. The number of fused-ring (bicyclic) bond motifs is 1. The van der Waals surface area contributed by atoms with Crippen molar-refractivity contribution in [3.63, 3.8) is 0 Å². The van der Waals surface area contributed by atoms with Crippen LogP contribution >= 0.6 is 0 Å². The summed E-state index contributed by atoms with van der Waals surface area (Å²) in [4.78, 5) is 44.4. The van der Waals surface area contributed by atoms with E-state index in [4.69, 9.17) is 5.73 Å². The number of hydrogen-bond donors (Lipinski definition) is 5. The zero-order valence-corrected chi connectivity index (χ0v) is 27.4. The molecule has 0 spiro atoms. The van der Waals surface area contributed by atoms with Crippen LogP contribution in [0, 0.1) is 18.8 Å². The van der Waals surface area contributed by atoms with Crippen LogP contribution in [0.15, 0.2) is 70.4 Å². The summed E-state index contributed by atoms with van der Waals surface area (Å²) in [5.41, 5.74) is 10.7. The normalized spacial score (nSPS) is 19.4. The largest absolute Gasteiger partial charge is 0.344 e. The second-order valence-corrected chi connectivity index (χ2v) is 14.8. The number of carbonyl (C=O) groups is 2. The Kier molecular flexibility index (Phi) is 9.62. The Hall–Kier alpha value is -4.26. The maximum Gasteiger partial charge on any atom is 0.323 e. The van der Waals surface area contributed by atoms with Crippen LogP contribution in [-0.2, 0) is 26.0 Å². The standard InChI is InChI=1S/C35H42N6O5S/c1-22-4-14-28(47(45,46)41-16-2-3-17-41)20-29(22)25-9-5-23(6-10-25)18-32(38-33(42)26-11-7-24(21-36)8-12-26)34(43)37-27-13-15-30-31(19-27)40-35(44)39-30/h4-6,9-10,13-15,19-20,24,26,32H,2-3,7-8,11-12,16-18,21,36H2,1H3,(H,37,43)(H,38,42)(H2,39,40,44). The summed E-state index contributed by atoms with van der Waals surface area (Å²) >= 11 is 0. The zero-order valence-electron chi connectivity index (χ0n) is 26.6. The molecule has 2 aliphatic rings. The van der Waals surface area contributed by atoms with Gasteiger partial charge in [0.05, 0.1) is 15.9 Å². The van der Waals surface area contributed by atoms with Crippen LogP contribution in [0.25, 0.3) is 22.2 Å². The second kappa shape index (κ2) is 13.8. The summed E-state index contributed by atoms with van der Waals surface area (Å²) in [6.45, 7) is 3.65. The third-order valence-corrected chi connectivity index (χ3v) is 11.5. The van der Waals surface area contributed by atoms with Crippen molar-refractivity contribution in [1.29, 1.82) is 0 Å². The molecule has 12 heteroatoms. The molecule has 2 fully saturated rings. The number of benzene rings is 3. The van der Waals surface area contributed by atoms with E-state index >= 15 is 0 Å². The van der Waals surface area contributed by atoms with Crippen molar-refractivity contribution in [2.45, 2.75) is 62.8 Å². The van der Waals surface area contributed by atoms with E-state index in [1.165, 1.54) is 0 Å². The molecule has 6 N–H and O–H groups in total. The Morgan fingerprint density at radius 3 is 2.34 bits per heavy atom. The Morgan fingerprint density at radius 2 is 1.64 bits per heavy atom. The molecule has 248 valence electrons. The first kappa shape index (κ1) is 32.7. The number of nitrogens with two attached hydrogens (primary N) is 1. The van der Waals surface area contributed by atoms with Gasteiger partial charge in [-0.15, -0.1) is 0 Å². The monoisotopic (exact) mass is 658 g/mol. The summed E-state index contributed by atoms with van der Waals surface area (Å²) in [5.74, 6) is -0.264. The molecule has 1 aliphatic heterocycles. The molecule has 1 saturated heterocycles. The van der Waals surface area contributed by atoms with Crippen molar-refractivity contribution in [3.05, 3.63) is 82.3 Å². The van der Waals surface area contributed by atoms with E-state index in [9.17, 15) is 22.8 Å². The minimum atomic E-state index is -3.56. The molecule has 4 aromatic rings. The highest BCUT2D eigenvalue weighted by Crippen LogP contribution is 2.30. The molecule has 11 nitrogen and oxygen atoms in total. The van der Waals surface area contributed by atoms with Crippen LogP contribution in [0.1, 0.15) is 49.7 Å². The Labute approximate surface area is 274 Å². The van der Waals surface area contributed by atoms with Crippen molar-refractivity contribution in [2.24, 2.45) is 17.6 Å². The van der Waals surface area contributed by atoms with Crippen LogP contribution in [0.3, 0.4) is 0 Å². The van der Waals surface area contributed by atoms with Gasteiger partial charge in [0, 0.05) is 31.1 Å². The topological polar surface area (TPSA) is 170 Å². The number of carbonyl (C=O) groups excluding carboxylic acids is 2. The summed E-state index contributed by atoms with van der Waals surface area (Å²) in [6.07, 6.45) is 5.25. The van der Waals surface area contributed by atoms with Crippen molar-refractivity contribution >= 4 is 38.6 Å². The molecular formula is C35H42N6O5S. The fourth-order valence-electron chi connectivity index (χ4n) is 6.71. The van der Waals surface area contributed by atoms with Gasteiger partial charge in [0.25, 0.3) is 0 Å². The van der Waals surface area contributed by atoms with Gasteiger partial charge in [0.1, 0.15) is 6.04 Å². The minimum absolute atomic E-state index is 0.144. The Bertz CT molecular complexity index is 1920. The van der Waals surface area contributed by atoms with Crippen LogP contribution in [0.2, 0.25) is 0 Å². The van der Waals surface area contributed by atoms with E-state index in [-0.39, 0.29) is 34.7 Å². The van der Waals surface area contributed by atoms with E-state index in [1.807, 2.05) is 37.3 Å². The fourth-order valence-corrected chi connectivity index (χ4v) is 8.25. The lowest BCUT2D eigenvalue weighted by atomic mass is 9.81. The van der Waals surface area contributed by atoms with Crippen LogP contribution in [0.5, 0.6) is 0 Å². The van der Waals surface area contributed by atoms with Gasteiger partial charge in [0.15, 0.2) is 0 Å². The van der Waals surface area contributed by atoms with E-state index in [1.54, 1.807) is 34.6 Å². The molecule has 0 radical (unpaired) electrons. The highest BCUT2D eigenvalue weighted by atomic mass is 32.2. The molecule has 1 aliphatic carbocycles. The number of imidazole rings is 1. The van der Waals surface area contributed by atoms with Crippen molar-refractivity contribution < 1.29 is 18.0 Å². The van der Waals surface area contributed by atoms with Crippen molar-refractivity contribution in [2.75, 3.05) is 25.0 Å². The smallest absolute Gasteiger partial charge is 0.323 e. The van der Waals surface area contributed by atoms with Gasteiger partial charge in [-0.1, -0.05) is 30.3 Å². The number of rotatable bonds is 10. The third-order valence-electron chi connectivity index (χ3n) is 9.58. The van der Waals surface area contributed by atoms with Gasteiger partial charge in [-0.05, 0) is 110 Å². The van der Waals surface area contributed by atoms with Gasteiger partial charge >= 0.3 is 5.69 Å². The molecular weight excluding hydrogens is 616 g/mol. The molecule has 3 aromatic carbocycles. The van der Waals surface area contributed by atoms with Gasteiger partial charge in [-0.25, -0.2) is 13.2 Å². The highest BCUT2D eigenvalue weighted by Gasteiger charge is 2.30. The number of nitrogens with zero attached hydrogens (tertiary/aromatic N) is 1. The van der Waals surface area contributed by atoms with Gasteiger partial charge in [0.2, 0.25) is 21.8 Å². The SMILES string of the molecule is Cc1ccc(S(=O)(=O)N2CCCC2)cc1-c1ccc(CC(NC(=O)C2CCC(CN)CC2)C(=O)Nc2ccc3[nH]c(=O)[nH]c3c2)cc1. The maximum atomic E-state index is 13.7. The van der Waals surface area contributed by atoms with Crippen LogP contribution in [0.4, 0.5) is 5.69 Å². The highest BCUT2D eigenvalue weighted by molar-refractivity contribution is 7.89. The molecule has 1 atom stereocenters. The van der Waals surface area contributed by atoms with Gasteiger partial charge in [-0.2, -0.15) is 4.31 Å². The lowest BCUT2D eigenvalue weighted by Gasteiger charge is -2.28. The number of amides is 2. The number of anilines is 1. The lowest BCUT2D eigenvalue weighted by Crippen LogP contribution is -2.48. The van der Waals surface area contributed by atoms with E-state index in [2.05, 4.69) is 20.6 Å². The molecule has 1 aromatic heterocycles. The average molecular weight is 659 g/mol. The third kappa shape index (κ3) is 7.34.